The summed E-state index contributed by atoms with van der Waals surface area (Å²) in [7, 11) is 0. The molecule has 0 unspecified atom stereocenters. The predicted octanol–water partition coefficient (Wildman–Crippen LogP) is 4.23. The summed E-state index contributed by atoms with van der Waals surface area (Å²) in [6.45, 7) is 5.91. The van der Waals surface area contributed by atoms with E-state index in [1.165, 1.54) is 0 Å². The third-order valence-corrected chi connectivity index (χ3v) is 3.04. The summed E-state index contributed by atoms with van der Waals surface area (Å²) in [5.41, 5.74) is 4.84. The molecule has 0 aliphatic rings. The van der Waals surface area contributed by atoms with Gasteiger partial charge in [0.25, 0.3) is 0 Å². The summed E-state index contributed by atoms with van der Waals surface area (Å²) < 4.78 is 0. The van der Waals surface area contributed by atoms with Gasteiger partial charge in [0.15, 0.2) is 0 Å². The van der Waals surface area contributed by atoms with Gasteiger partial charge in [0.05, 0.1) is 22.8 Å². The van der Waals surface area contributed by atoms with Crippen LogP contribution in [0.3, 0.4) is 0 Å². The number of aromatic nitrogens is 2. The van der Waals surface area contributed by atoms with Crippen molar-refractivity contribution in [3.05, 3.63) is 57.6 Å². The molecule has 2 nitrogen and oxygen atoms in total. The molecule has 0 saturated carbocycles. The van der Waals surface area contributed by atoms with E-state index in [2.05, 4.69) is 9.97 Å². The lowest BCUT2D eigenvalue weighted by molar-refractivity contribution is 0.991. The van der Waals surface area contributed by atoms with Crippen molar-refractivity contribution < 1.29 is 0 Å². The molecule has 0 amide bonds. The Bertz CT molecular complexity index is 603. The van der Waals surface area contributed by atoms with Crippen LogP contribution in [0.2, 0.25) is 5.02 Å². The Morgan fingerprint density at radius 2 is 1.67 bits per heavy atom. The lowest BCUT2D eigenvalue weighted by atomic mass is 10.2. The monoisotopic (exact) mass is 258 g/mol. The summed E-state index contributed by atoms with van der Waals surface area (Å²) in [6.07, 6.45) is 3.97. The summed E-state index contributed by atoms with van der Waals surface area (Å²) in [6, 6.07) is 7.72. The molecule has 2 aromatic rings. The van der Waals surface area contributed by atoms with Gasteiger partial charge in [-0.2, -0.15) is 0 Å². The molecule has 0 spiro atoms. The van der Waals surface area contributed by atoms with E-state index in [4.69, 9.17) is 11.6 Å². The van der Waals surface area contributed by atoms with Crippen molar-refractivity contribution in [2.75, 3.05) is 0 Å². The van der Waals surface area contributed by atoms with Gasteiger partial charge < -0.3 is 0 Å². The smallest absolute Gasteiger partial charge is 0.0845 e. The Kier molecular flexibility index (Phi) is 3.78. The Labute approximate surface area is 112 Å². The van der Waals surface area contributed by atoms with Gasteiger partial charge >= 0.3 is 0 Å². The maximum Gasteiger partial charge on any atom is 0.0845 e. The lowest BCUT2D eigenvalue weighted by Crippen LogP contribution is -1.98. The van der Waals surface area contributed by atoms with Crippen LogP contribution in [0.4, 0.5) is 0 Å². The Morgan fingerprint density at radius 1 is 0.944 bits per heavy atom. The molecule has 0 radical (unpaired) electrons. The van der Waals surface area contributed by atoms with Crippen LogP contribution in [0.25, 0.3) is 12.2 Å². The van der Waals surface area contributed by atoms with Gasteiger partial charge in [0.2, 0.25) is 0 Å². The first kappa shape index (κ1) is 12.8. The lowest BCUT2D eigenvalue weighted by Gasteiger charge is -2.04. The van der Waals surface area contributed by atoms with Crippen molar-refractivity contribution in [1.82, 2.24) is 9.97 Å². The fourth-order valence-corrected chi connectivity index (χ4v) is 1.87. The molecule has 0 atom stereocenters. The Balaban J connectivity index is 2.32. The van der Waals surface area contributed by atoms with Crippen LogP contribution in [0.1, 0.15) is 28.3 Å². The number of hydrogen-bond donors (Lipinski definition) is 0. The van der Waals surface area contributed by atoms with Crippen LogP contribution in [-0.2, 0) is 0 Å². The second-order valence-electron chi connectivity index (χ2n) is 4.25. The highest BCUT2D eigenvalue weighted by Crippen LogP contribution is 2.14. The first-order chi connectivity index (χ1) is 8.56. The minimum Gasteiger partial charge on any atom is -0.254 e. The van der Waals surface area contributed by atoms with Crippen molar-refractivity contribution in [3.63, 3.8) is 0 Å². The van der Waals surface area contributed by atoms with E-state index in [0.717, 1.165) is 33.4 Å². The molecule has 1 heterocycles. The number of halogens is 1. The minimum atomic E-state index is 0.736. The zero-order valence-electron chi connectivity index (χ0n) is 10.7. The van der Waals surface area contributed by atoms with Gasteiger partial charge in [0.1, 0.15) is 0 Å². The molecular formula is C15H15ClN2. The van der Waals surface area contributed by atoms with E-state index < -0.39 is 0 Å². The van der Waals surface area contributed by atoms with Crippen molar-refractivity contribution >= 4 is 23.8 Å². The highest BCUT2D eigenvalue weighted by atomic mass is 35.5. The second-order valence-corrected chi connectivity index (χ2v) is 4.69. The Morgan fingerprint density at radius 3 is 2.39 bits per heavy atom. The fourth-order valence-electron chi connectivity index (χ4n) is 1.68. The first-order valence-corrected chi connectivity index (χ1v) is 6.19. The normalized spacial score (nSPS) is 11.1. The highest BCUT2D eigenvalue weighted by molar-refractivity contribution is 6.30. The molecular weight excluding hydrogens is 244 g/mol. The molecule has 92 valence electrons. The number of rotatable bonds is 2. The standard InChI is InChI=1S/C15H15ClN2/c1-10-11(2)18-15(12(3)17-10)8-7-13-5-4-6-14(16)9-13/h4-9H,1-3H3/b8-7+. The van der Waals surface area contributed by atoms with Crippen LogP contribution in [0.15, 0.2) is 24.3 Å². The maximum absolute atomic E-state index is 5.94. The molecule has 0 bridgehead atoms. The highest BCUT2D eigenvalue weighted by Gasteiger charge is 2.01. The topological polar surface area (TPSA) is 25.8 Å². The number of hydrogen-bond acceptors (Lipinski definition) is 2. The molecule has 3 heteroatoms. The van der Waals surface area contributed by atoms with E-state index in [0.29, 0.717) is 0 Å². The van der Waals surface area contributed by atoms with Crippen molar-refractivity contribution in [1.29, 1.82) is 0 Å². The van der Waals surface area contributed by atoms with E-state index in [1.54, 1.807) is 0 Å². The zero-order chi connectivity index (χ0) is 13.1. The molecule has 0 N–H and O–H groups in total. The average molecular weight is 259 g/mol. The van der Waals surface area contributed by atoms with Gasteiger partial charge in [-0.05, 0) is 44.5 Å². The van der Waals surface area contributed by atoms with Crippen molar-refractivity contribution in [2.45, 2.75) is 20.8 Å². The summed E-state index contributed by atoms with van der Waals surface area (Å²) >= 11 is 5.94. The molecule has 0 aliphatic heterocycles. The van der Waals surface area contributed by atoms with Crippen molar-refractivity contribution in [3.8, 4) is 0 Å². The van der Waals surface area contributed by atoms with Crippen LogP contribution in [0.5, 0.6) is 0 Å². The van der Waals surface area contributed by atoms with Crippen LogP contribution in [0, 0.1) is 20.8 Å². The number of benzene rings is 1. The van der Waals surface area contributed by atoms with Gasteiger partial charge in [0, 0.05) is 5.02 Å². The summed E-state index contributed by atoms with van der Waals surface area (Å²) in [5.74, 6) is 0. The van der Waals surface area contributed by atoms with Gasteiger partial charge in [-0.1, -0.05) is 29.8 Å². The fraction of sp³-hybridized carbons (Fsp3) is 0.200. The van der Waals surface area contributed by atoms with Gasteiger partial charge in [-0.15, -0.1) is 0 Å². The van der Waals surface area contributed by atoms with Crippen LogP contribution >= 0.6 is 11.6 Å². The van der Waals surface area contributed by atoms with Crippen molar-refractivity contribution in [2.24, 2.45) is 0 Å². The molecule has 1 aromatic heterocycles. The average Bonchev–Trinajstić information content (AvgIpc) is 2.32. The van der Waals surface area contributed by atoms with E-state index in [1.807, 2.05) is 57.2 Å². The number of aryl methyl sites for hydroxylation is 3. The number of nitrogens with zero attached hydrogens (tertiary/aromatic N) is 2. The third-order valence-electron chi connectivity index (χ3n) is 2.80. The van der Waals surface area contributed by atoms with Crippen LogP contribution < -0.4 is 0 Å². The zero-order valence-corrected chi connectivity index (χ0v) is 11.5. The molecule has 0 aliphatic carbocycles. The molecule has 18 heavy (non-hydrogen) atoms. The van der Waals surface area contributed by atoms with E-state index >= 15 is 0 Å². The van der Waals surface area contributed by atoms with E-state index in [9.17, 15) is 0 Å². The first-order valence-electron chi connectivity index (χ1n) is 5.82. The van der Waals surface area contributed by atoms with Crippen LogP contribution in [-0.4, -0.2) is 9.97 Å². The summed E-state index contributed by atoms with van der Waals surface area (Å²) in [4.78, 5) is 8.99. The Hall–Kier alpha value is -1.67. The summed E-state index contributed by atoms with van der Waals surface area (Å²) in [5, 5.41) is 0.736. The van der Waals surface area contributed by atoms with E-state index in [-0.39, 0.29) is 0 Å². The quantitative estimate of drug-likeness (QED) is 0.806. The van der Waals surface area contributed by atoms with Gasteiger partial charge in [-0.3, -0.25) is 4.98 Å². The maximum atomic E-state index is 5.94. The largest absolute Gasteiger partial charge is 0.254 e. The second kappa shape index (κ2) is 5.32. The SMILES string of the molecule is Cc1nc(C)c(/C=C/c2cccc(Cl)c2)nc1C. The minimum absolute atomic E-state index is 0.736. The molecule has 2 rings (SSSR count). The molecule has 1 aromatic carbocycles. The van der Waals surface area contributed by atoms with Gasteiger partial charge in [-0.25, -0.2) is 4.98 Å². The molecule has 0 saturated heterocycles. The predicted molar refractivity (Wildman–Crippen MR) is 76.6 cm³/mol. The third kappa shape index (κ3) is 2.96. The molecule has 0 fully saturated rings.